The van der Waals surface area contributed by atoms with Gasteiger partial charge in [-0.05, 0) is 49.2 Å². The molecule has 0 bridgehead atoms. The van der Waals surface area contributed by atoms with Crippen LogP contribution in [-0.2, 0) is 0 Å². The van der Waals surface area contributed by atoms with Crippen molar-refractivity contribution in [3.8, 4) is 11.4 Å². The SMILES string of the molecule is Cc1ccc(-c2nc(Cl)c3cc(Cl)ccc3n2)cc1C. The molecule has 2 aromatic carbocycles. The van der Waals surface area contributed by atoms with Gasteiger partial charge in [-0.2, -0.15) is 0 Å². The molecule has 0 aliphatic heterocycles. The molecule has 0 unspecified atom stereocenters. The third-order valence-corrected chi connectivity index (χ3v) is 3.90. The molecule has 20 heavy (non-hydrogen) atoms. The van der Waals surface area contributed by atoms with E-state index in [4.69, 9.17) is 23.2 Å². The van der Waals surface area contributed by atoms with E-state index in [1.807, 2.05) is 12.1 Å². The molecule has 0 N–H and O–H groups in total. The minimum atomic E-state index is 0.422. The van der Waals surface area contributed by atoms with Gasteiger partial charge in [0.1, 0.15) is 5.15 Å². The van der Waals surface area contributed by atoms with Crippen molar-refractivity contribution in [3.63, 3.8) is 0 Å². The van der Waals surface area contributed by atoms with E-state index in [-0.39, 0.29) is 0 Å². The summed E-state index contributed by atoms with van der Waals surface area (Å²) in [6.45, 7) is 4.15. The van der Waals surface area contributed by atoms with Crippen molar-refractivity contribution < 1.29 is 0 Å². The van der Waals surface area contributed by atoms with Crippen LogP contribution in [0.3, 0.4) is 0 Å². The molecule has 0 amide bonds. The van der Waals surface area contributed by atoms with Crippen molar-refractivity contribution in [1.82, 2.24) is 9.97 Å². The Morgan fingerprint density at radius 1 is 0.850 bits per heavy atom. The zero-order valence-electron chi connectivity index (χ0n) is 11.1. The molecule has 0 atom stereocenters. The largest absolute Gasteiger partial charge is 0.228 e. The topological polar surface area (TPSA) is 25.8 Å². The maximum atomic E-state index is 6.25. The van der Waals surface area contributed by atoms with Crippen molar-refractivity contribution in [3.05, 3.63) is 57.7 Å². The Hall–Kier alpha value is -1.64. The highest BCUT2D eigenvalue weighted by atomic mass is 35.5. The molecule has 0 aliphatic rings. The van der Waals surface area contributed by atoms with Crippen molar-refractivity contribution in [2.45, 2.75) is 13.8 Å². The average Bonchev–Trinajstić information content (AvgIpc) is 2.42. The van der Waals surface area contributed by atoms with Gasteiger partial charge >= 0.3 is 0 Å². The molecule has 0 radical (unpaired) electrons. The van der Waals surface area contributed by atoms with Crippen molar-refractivity contribution in [2.24, 2.45) is 0 Å². The minimum absolute atomic E-state index is 0.422. The molecular weight excluding hydrogens is 291 g/mol. The zero-order valence-corrected chi connectivity index (χ0v) is 12.6. The number of fused-ring (bicyclic) bond motifs is 1. The van der Waals surface area contributed by atoms with Gasteiger partial charge in [0.2, 0.25) is 0 Å². The fraction of sp³-hybridized carbons (Fsp3) is 0.125. The van der Waals surface area contributed by atoms with Crippen LogP contribution in [0.1, 0.15) is 11.1 Å². The van der Waals surface area contributed by atoms with Crippen LogP contribution in [0.15, 0.2) is 36.4 Å². The van der Waals surface area contributed by atoms with Gasteiger partial charge in [0.25, 0.3) is 0 Å². The molecule has 0 fully saturated rings. The highest BCUT2D eigenvalue weighted by Gasteiger charge is 2.09. The zero-order chi connectivity index (χ0) is 14.3. The van der Waals surface area contributed by atoms with Gasteiger partial charge in [-0.1, -0.05) is 35.3 Å². The molecule has 0 saturated heterocycles. The number of aryl methyl sites for hydroxylation is 2. The summed E-state index contributed by atoms with van der Waals surface area (Å²) in [7, 11) is 0. The van der Waals surface area contributed by atoms with Crippen molar-refractivity contribution in [2.75, 3.05) is 0 Å². The lowest BCUT2D eigenvalue weighted by atomic mass is 10.1. The number of aromatic nitrogens is 2. The molecule has 1 heterocycles. The van der Waals surface area contributed by atoms with E-state index in [9.17, 15) is 0 Å². The lowest BCUT2D eigenvalue weighted by molar-refractivity contribution is 1.22. The van der Waals surface area contributed by atoms with Crippen LogP contribution in [0.4, 0.5) is 0 Å². The van der Waals surface area contributed by atoms with Gasteiger partial charge in [-0.15, -0.1) is 0 Å². The second kappa shape index (κ2) is 5.04. The first-order chi connectivity index (χ1) is 9.54. The summed E-state index contributed by atoms with van der Waals surface area (Å²) in [5, 5.41) is 1.82. The van der Waals surface area contributed by atoms with E-state index in [1.165, 1.54) is 11.1 Å². The maximum absolute atomic E-state index is 6.25. The minimum Gasteiger partial charge on any atom is -0.228 e. The molecule has 100 valence electrons. The second-order valence-electron chi connectivity index (χ2n) is 4.80. The predicted octanol–water partition coefficient (Wildman–Crippen LogP) is 5.22. The van der Waals surface area contributed by atoms with E-state index in [2.05, 4.69) is 35.9 Å². The van der Waals surface area contributed by atoms with E-state index >= 15 is 0 Å². The Labute approximate surface area is 127 Å². The van der Waals surface area contributed by atoms with Crippen molar-refractivity contribution in [1.29, 1.82) is 0 Å². The van der Waals surface area contributed by atoms with Crippen molar-refractivity contribution >= 4 is 34.1 Å². The highest BCUT2D eigenvalue weighted by molar-refractivity contribution is 6.35. The van der Waals surface area contributed by atoms with E-state index in [1.54, 1.807) is 12.1 Å². The van der Waals surface area contributed by atoms with E-state index in [0.29, 0.717) is 16.0 Å². The summed E-state index contributed by atoms with van der Waals surface area (Å²) in [4.78, 5) is 8.94. The van der Waals surface area contributed by atoms with Gasteiger partial charge in [0.05, 0.1) is 5.52 Å². The standard InChI is InChI=1S/C16H12Cl2N2/c1-9-3-4-11(7-10(9)2)16-19-14-6-5-12(17)8-13(14)15(18)20-16/h3-8H,1-2H3. The molecule has 1 aromatic heterocycles. The predicted molar refractivity (Wildman–Crippen MR) is 84.5 cm³/mol. The summed E-state index contributed by atoms with van der Waals surface area (Å²) in [6.07, 6.45) is 0. The van der Waals surface area contributed by atoms with Gasteiger partial charge in [0, 0.05) is 16.0 Å². The lowest BCUT2D eigenvalue weighted by Crippen LogP contribution is -1.93. The smallest absolute Gasteiger partial charge is 0.161 e. The number of hydrogen-bond donors (Lipinski definition) is 0. The average molecular weight is 303 g/mol. The molecular formula is C16H12Cl2N2. The molecule has 2 nitrogen and oxygen atoms in total. The first-order valence-electron chi connectivity index (χ1n) is 6.25. The molecule has 0 saturated carbocycles. The first kappa shape index (κ1) is 13.3. The number of rotatable bonds is 1. The summed E-state index contributed by atoms with van der Waals surface area (Å²) in [5.41, 5.74) is 4.21. The number of benzene rings is 2. The highest BCUT2D eigenvalue weighted by Crippen LogP contribution is 2.27. The van der Waals surface area contributed by atoms with Gasteiger partial charge < -0.3 is 0 Å². The Kier molecular flexibility index (Phi) is 3.36. The summed E-state index contributed by atoms with van der Waals surface area (Å²) in [6, 6.07) is 11.6. The Bertz CT molecular complexity index is 813. The number of hydrogen-bond acceptors (Lipinski definition) is 2. The van der Waals surface area contributed by atoms with Gasteiger partial charge in [0.15, 0.2) is 5.82 Å². The molecule has 4 heteroatoms. The van der Waals surface area contributed by atoms with E-state index in [0.717, 1.165) is 16.5 Å². The van der Waals surface area contributed by atoms with Gasteiger partial charge in [-0.3, -0.25) is 0 Å². The normalized spacial score (nSPS) is 11.0. The number of halogens is 2. The monoisotopic (exact) mass is 302 g/mol. The second-order valence-corrected chi connectivity index (χ2v) is 5.59. The molecule has 0 aliphatic carbocycles. The van der Waals surface area contributed by atoms with Gasteiger partial charge in [-0.25, -0.2) is 9.97 Å². The van der Waals surface area contributed by atoms with Crippen LogP contribution in [0.2, 0.25) is 10.2 Å². The Balaban J connectivity index is 2.21. The summed E-state index contributed by atoms with van der Waals surface area (Å²) >= 11 is 12.2. The summed E-state index contributed by atoms with van der Waals surface area (Å²) in [5.74, 6) is 0.632. The fourth-order valence-electron chi connectivity index (χ4n) is 2.07. The van der Waals surface area contributed by atoms with Crippen LogP contribution >= 0.6 is 23.2 Å². The van der Waals surface area contributed by atoms with Crippen LogP contribution < -0.4 is 0 Å². The van der Waals surface area contributed by atoms with Crippen LogP contribution in [0.25, 0.3) is 22.3 Å². The molecule has 3 rings (SSSR count). The van der Waals surface area contributed by atoms with Crippen LogP contribution in [0, 0.1) is 13.8 Å². The third-order valence-electron chi connectivity index (χ3n) is 3.38. The summed E-state index contributed by atoms with van der Waals surface area (Å²) < 4.78 is 0. The van der Waals surface area contributed by atoms with Crippen LogP contribution in [-0.4, -0.2) is 9.97 Å². The number of nitrogens with zero attached hydrogens (tertiary/aromatic N) is 2. The maximum Gasteiger partial charge on any atom is 0.161 e. The fourth-order valence-corrected chi connectivity index (χ4v) is 2.48. The Morgan fingerprint density at radius 2 is 1.65 bits per heavy atom. The van der Waals surface area contributed by atoms with Crippen LogP contribution in [0.5, 0.6) is 0 Å². The molecule has 3 aromatic rings. The van der Waals surface area contributed by atoms with E-state index < -0.39 is 0 Å². The Morgan fingerprint density at radius 3 is 2.40 bits per heavy atom. The molecule has 0 spiro atoms. The first-order valence-corrected chi connectivity index (χ1v) is 7.00. The third kappa shape index (κ3) is 2.37. The lowest BCUT2D eigenvalue weighted by Gasteiger charge is -2.07. The quantitative estimate of drug-likeness (QED) is 0.576.